The third kappa shape index (κ3) is 2.35. The lowest BCUT2D eigenvalue weighted by Gasteiger charge is -2.32. The highest BCUT2D eigenvalue weighted by Gasteiger charge is 2.46. The van der Waals surface area contributed by atoms with Crippen molar-refractivity contribution in [1.82, 2.24) is 10.2 Å². The number of hydrogen-bond donors (Lipinski definition) is 2. The summed E-state index contributed by atoms with van der Waals surface area (Å²) >= 11 is 0. The van der Waals surface area contributed by atoms with Gasteiger partial charge in [0.2, 0.25) is 11.8 Å². The van der Waals surface area contributed by atoms with E-state index in [1.165, 1.54) is 0 Å². The molecule has 1 saturated heterocycles. The first-order valence-electron chi connectivity index (χ1n) is 5.87. The van der Waals surface area contributed by atoms with Crippen LogP contribution in [0.25, 0.3) is 0 Å². The van der Waals surface area contributed by atoms with Gasteiger partial charge < -0.3 is 16.0 Å². The minimum Gasteiger partial charge on any atom is -0.352 e. The fourth-order valence-electron chi connectivity index (χ4n) is 2.03. The molecule has 5 heteroatoms. The molecule has 90 valence electrons. The van der Waals surface area contributed by atoms with E-state index >= 15 is 0 Å². The van der Waals surface area contributed by atoms with Crippen molar-refractivity contribution in [2.24, 2.45) is 5.73 Å². The molecule has 0 spiro atoms. The van der Waals surface area contributed by atoms with Gasteiger partial charge in [-0.1, -0.05) is 0 Å². The third-order valence-corrected chi connectivity index (χ3v) is 3.52. The number of rotatable bonds is 2. The fourth-order valence-corrected chi connectivity index (χ4v) is 2.03. The Bertz CT molecular complexity index is 304. The average Bonchev–Trinajstić information content (AvgIpc) is 2.99. The summed E-state index contributed by atoms with van der Waals surface area (Å²) in [6.07, 6.45) is 3.26. The Labute approximate surface area is 95.3 Å². The maximum Gasteiger partial charge on any atom is 0.240 e. The van der Waals surface area contributed by atoms with E-state index in [0.29, 0.717) is 0 Å². The molecule has 0 unspecified atom stereocenters. The Balaban J connectivity index is 1.77. The summed E-state index contributed by atoms with van der Waals surface area (Å²) in [4.78, 5) is 24.6. The largest absolute Gasteiger partial charge is 0.352 e. The highest BCUT2D eigenvalue weighted by atomic mass is 16.2. The van der Waals surface area contributed by atoms with Gasteiger partial charge in [0.15, 0.2) is 0 Å². The van der Waals surface area contributed by atoms with Crippen molar-refractivity contribution < 1.29 is 9.59 Å². The molecule has 1 heterocycles. The Morgan fingerprint density at radius 3 is 2.31 bits per heavy atom. The van der Waals surface area contributed by atoms with Gasteiger partial charge in [-0.2, -0.15) is 0 Å². The molecule has 5 nitrogen and oxygen atoms in total. The SMILES string of the molecule is CC(=O)N1CCC(NC(=O)C2(N)CC2)CC1. The lowest BCUT2D eigenvalue weighted by Crippen LogP contribution is -2.51. The van der Waals surface area contributed by atoms with Gasteiger partial charge in [-0.25, -0.2) is 0 Å². The maximum absolute atomic E-state index is 11.7. The molecule has 1 aliphatic carbocycles. The zero-order chi connectivity index (χ0) is 11.8. The predicted octanol–water partition coefficient (Wildman–Crippen LogP) is -0.395. The summed E-state index contributed by atoms with van der Waals surface area (Å²) in [5.41, 5.74) is 5.22. The van der Waals surface area contributed by atoms with E-state index in [1.807, 2.05) is 4.90 Å². The highest BCUT2D eigenvalue weighted by Crippen LogP contribution is 2.32. The molecule has 16 heavy (non-hydrogen) atoms. The van der Waals surface area contributed by atoms with Gasteiger partial charge in [0.25, 0.3) is 0 Å². The van der Waals surface area contributed by atoms with Crippen LogP contribution in [0.2, 0.25) is 0 Å². The molecule has 1 aliphatic heterocycles. The van der Waals surface area contributed by atoms with Gasteiger partial charge in [0.05, 0.1) is 5.54 Å². The van der Waals surface area contributed by atoms with Crippen molar-refractivity contribution >= 4 is 11.8 Å². The van der Waals surface area contributed by atoms with E-state index in [1.54, 1.807) is 6.92 Å². The molecule has 2 aliphatic rings. The second-order valence-electron chi connectivity index (χ2n) is 4.91. The summed E-state index contributed by atoms with van der Waals surface area (Å²) in [5.74, 6) is 0.0936. The van der Waals surface area contributed by atoms with E-state index in [2.05, 4.69) is 5.32 Å². The van der Waals surface area contributed by atoms with Crippen LogP contribution in [0, 0.1) is 0 Å². The van der Waals surface area contributed by atoms with Crippen molar-refractivity contribution in [1.29, 1.82) is 0 Å². The van der Waals surface area contributed by atoms with Gasteiger partial charge >= 0.3 is 0 Å². The smallest absolute Gasteiger partial charge is 0.240 e. The Kier molecular flexibility index (Phi) is 2.88. The van der Waals surface area contributed by atoms with Crippen LogP contribution >= 0.6 is 0 Å². The molecular formula is C11H19N3O2. The van der Waals surface area contributed by atoms with Crippen LogP contribution in [0.15, 0.2) is 0 Å². The summed E-state index contributed by atoms with van der Waals surface area (Å²) in [6, 6.07) is 0.184. The Morgan fingerprint density at radius 2 is 1.88 bits per heavy atom. The van der Waals surface area contributed by atoms with Crippen LogP contribution in [0.3, 0.4) is 0 Å². The molecule has 2 rings (SSSR count). The first-order valence-corrected chi connectivity index (χ1v) is 5.87. The van der Waals surface area contributed by atoms with E-state index < -0.39 is 5.54 Å². The van der Waals surface area contributed by atoms with Crippen molar-refractivity contribution in [2.45, 2.75) is 44.2 Å². The van der Waals surface area contributed by atoms with Crippen molar-refractivity contribution in [3.05, 3.63) is 0 Å². The van der Waals surface area contributed by atoms with E-state index in [0.717, 1.165) is 38.8 Å². The number of likely N-dealkylation sites (tertiary alicyclic amines) is 1. The predicted molar refractivity (Wildman–Crippen MR) is 59.6 cm³/mol. The maximum atomic E-state index is 11.7. The molecule has 0 radical (unpaired) electrons. The van der Waals surface area contributed by atoms with E-state index in [4.69, 9.17) is 5.73 Å². The number of nitrogens with two attached hydrogens (primary N) is 1. The standard InChI is InChI=1S/C11H19N3O2/c1-8(15)14-6-2-9(3-7-14)13-10(16)11(12)4-5-11/h9H,2-7,12H2,1H3,(H,13,16). The lowest BCUT2D eigenvalue weighted by molar-refractivity contribution is -0.130. The molecule has 0 aromatic heterocycles. The molecule has 2 fully saturated rings. The zero-order valence-corrected chi connectivity index (χ0v) is 9.66. The van der Waals surface area contributed by atoms with E-state index in [9.17, 15) is 9.59 Å². The minimum absolute atomic E-state index is 0.0197. The van der Waals surface area contributed by atoms with Gasteiger partial charge in [-0.15, -0.1) is 0 Å². The zero-order valence-electron chi connectivity index (χ0n) is 9.66. The summed E-state index contributed by atoms with van der Waals surface area (Å²) < 4.78 is 0. The number of amides is 2. The topological polar surface area (TPSA) is 75.4 Å². The summed E-state index contributed by atoms with van der Waals surface area (Å²) in [5, 5.41) is 2.98. The molecule has 0 atom stereocenters. The minimum atomic E-state index is -0.586. The quantitative estimate of drug-likeness (QED) is 0.671. The number of nitrogens with zero attached hydrogens (tertiary/aromatic N) is 1. The van der Waals surface area contributed by atoms with Crippen LogP contribution in [0.4, 0.5) is 0 Å². The Morgan fingerprint density at radius 1 is 1.31 bits per heavy atom. The molecular weight excluding hydrogens is 206 g/mol. The lowest BCUT2D eigenvalue weighted by atomic mass is 10.0. The van der Waals surface area contributed by atoms with Crippen LogP contribution in [-0.4, -0.2) is 41.4 Å². The first kappa shape index (κ1) is 11.4. The molecule has 0 aromatic carbocycles. The molecule has 1 saturated carbocycles. The van der Waals surface area contributed by atoms with Crippen LogP contribution < -0.4 is 11.1 Å². The van der Waals surface area contributed by atoms with Gasteiger partial charge in [0.1, 0.15) is 0 Å². The molecule has 0 bridgehead atoms. The molecule has 0 aromatic rings. The monoisotopic (exact) mass is 225 g/mol. The van der Waals surface area contributed by atoms with Crippen LogP contribution in [-0.2, 0) is 9.59 Å². The van der Waals surface area contributed by atoms with Crippen LogP contribution in [0.1, 0.15) is 32.6 Å². The summed E-state index contributed by atoms with van der Waals surface area (Å²) in [7, 11) is 0. The first-order chi connectivity index (χ1) is 7.51. The number of carbonyl (C=O) groups excluding carboxylic acids is 2. The van der Waals surface area contributed by atoms with Gasteiger partial charge in [0, 0.05) is 26.1 Å². The highest BCUT2D eigenvalue weighted by molar-refractivity contribution is 5.89. The number of piperidine rings is 1. The van der Waals surface area contributed by atoms with Crippen LogP contribution in [0.5, 0.6) is 0 Å². The second kappa shape index (κ2) is 4.05. The van der Waals surface area contributed by atoms with Crippen molar-refractivity contribution in [2.75, 3.05) is 13.1 Å². The number of hydrogen-bond acceptors (Lipinski definition) is 3. The average molecular weight is 225 g/mol. The fraction of sp³-hybridized carbons (Fsp3) is 0.818. The van der Waals surface area contributed by atoms with Gasteiger partial charge in [-0.3, -0.25) is 9.59 Å². The normalized spacial score (nSPS) is 24.0. The Hall–Kier alpha value is -1.10. The molecule has 3 N–H and O–H groups in total. The summed E-state index contributed by atoms with van der Waals surface area (Å²) in [6.45, 7) is 3.05. The van der Waals surface area contributed by atoms with Crippen molar-refractivity contribution in [3.8, 4) is 0 Å². The number of nitrogens with one attached hydrogen (secondary N) is 1. The van der Waals surface area contributed by atoms with E-state index in [-0.39, 0.29) is 17.9 Å². The number of carbonyl (C=O) groups is 2. The van der Waals surface area contributed by atoms with Gasteiger partial charge in [-0.05, 0) is 25.7 Å². The third-order valence-electron chi connectivity index (χ3n) is 3.52. The van der Waals surface area contributed by atoms with Crippen molar-refractivity contribution in [3.63, 3.8) is 0 Å². The molecule has 2 amide bonds. The second-order valence-corrected chi connectivity index (χ2v) is 4.91.